The quantitative estimate of drug-likeness (QED) is 0.737. The molecule has 0 aromatic carbocycles. The average Bonchev–Trinajstić information content (AvgIpc) is 2.68. The van der Waals surface area contributed by atoms with Crippen LogP contribution in [0.5, 0.6) is 0 Å². The smallest absolute Gasteiger partial charge is 0.310 e. The minimum Gasteiger partial charge on any atom is -0.469 e. The fraction of sp³-hybridized carbons (Fsp3) is 0.333. The van der Waals surface area contributed by atoms with Crippen molar-refractivity contribution in [2.45, 2.75) is 19.9 Å². The average molecular weight is 218 g/mol. The molecule has 0 spiro atoms. The van der Waals surface area contributed by atoms with Crippen molar-refractivity contribution in [3.8, 4) is 0 Å². The highest BCUT2D eigenvalue weighted by molar-refractivity contribution is 5.85. The predicted molar refractivity (Wildman–Crippen MR) is 61.1 cm³/mol. The molecule has 0 amide bonds. The first kappa shape index (κ1) is 10.7. The van der Waals surface area contributed by atoms with Crippen LogP contribution in [0.4, 0.5) is 0 Å². The Morgan fingerprint density at radius 2 is 2.38 bits per heavy atom. The van der Waals surface area contributed by atoms with E-state index in [1.807, 2.05) is 22.9 Å². The number of aryl methyl sites for hydroxylation is 1. The molecule has 0 saturated carbocycles. The van der Waals surface area contributed by atoms with Crippen molar-refractivity contribution in [1.82, 2.24) is 9.55 Å². The third-order valence-electron chi connectivity index (χ3n) is 2.62. The summed E-state index contributed by atoms with van der Waals surface area (Å²) >= 11 is 0. The minimum absolute atomic E-state index is 0.223. The van der Waals surface area contributed by atoms with E-state index in [0.717, 1.165) is 23.1 Å². The van der Waals surface area contributed by atoms with Crippen molar-refractivity contribution in [1.29, 1.82) is 0 Å². The first-order valence-electron chi connectivity index (χ1n) is 5.25. The van der Waals surface area contributed by atoms with Gasteiger partial charge in [-0.2, -0.15) is 0 Å². The van der Waals surface area contributed by atoms with Gasteiger partial charge in [0.2, 0.25) is 0 Å². The van der Waals surface area contributed by atoms with Crippen molar-refractivity contribution >= 4 is 17.0 Å². The Bertz CT molecular complexity index is 517. The zero-order valence-electron chi connectivity index (χ0n) is 9.43. The second-order valence-corrected chi connectivity index (χ2v) is 3.57. The molecule has 4 nitrogen and oxygen atoms in total. The third kappa shape index (κ3) is 1.78. The van der Waals surface area contributed by atoms with Crippen LogP contribution in [-0.4, -0.2) is 22.6 Å². The molecule has 0 atom stereocenters. The highest BCUT2D eigenvalue weighted by Crippen LogP contribution is 2.19. The lowest BCUT2D eigenvalue weighted by Crippen LogP contribution is -2.03. The Morgan fingerprint density at radius 1 is 1.56 bits per heavy atom. The number of rotatable bonds is 3. The first-order chi connectivity index (χ1) is 7.76. The number of fused-ring (bicyclic) bond motifs is 1. The molecule has 0 radical (unpaired) electrons. The highest BCUT2D eigenvalue weighted by atomic mass is 16.5. The summed E-state index contributed by atoms with van der Waals surface area (Å²) in [4.78, 5) is 15.6. The number of aromatic nitrogens is 2. The molecule has 4 heteroatoms. The highest BCUT2D eigenvalue weighted by Gasteiger charge is 2.11. The van der Waals surface area contributed by atoms with Crippen LogP contribution in [0, 0.1) is 0 Å². The fourth-order valence-electron chi connectivity index (χ4n) is 1.80. The summed E-state index contributed by atoms with van der Waals surface area (Å²) < 4.78 is 6.71. The van der Waals surface area contributed by atoms with E-state index in [1.165, 1.54) is 7.11 Å². The molecule has 2 aromatic rings. The number of carbonyl (C=O) groups excluding carboxylic acids is 1. The molecule has 0 aliphatic carbocycles. The van der Waals surface area contributed by atoms with Crippen molar-refractivity contribution < 1.29 is 9.53 Å². The minimum atomic E-state index is -0.223. The predicted octanol–water partition coefficient (Wildman–Crippen LogP) is 1.77. The second kappa shape index (κ2) is 4.35. The number of methoxy groups -OCH3 is 1. The van der Waals surface area contributed by atoms with Gasteiger partial charge in [0, 0.05) is 24.3 Å². The number of hydrogen-bond donors (Lipinski definition) is 0. The van der Waals surface area contributed by atoms with Crippen LogP contribution < -0.4 is 0 Å². The van der Waals surface area contributed by atoms with E-state index in [-0.39, 0.29) is 5.97 Å². The van der Waals surface area contributed by atoms with Crippen molar-refractivity contribution in [2.75, 3.05) is 7.11 Å². The van der Waals surface area contributed by atoms with Crippen LogP contribution in [0.3, 0.4) is 0 Å². The number of hydrogen-bond acceptors (Lipinski definition) is 3. The van der Waals surface area contributed by atoms with E-state index >= 15 is 0 Å². The molecule has 2 rings (SSSR count). The van der Waals surface area contributed by atoms with Gasteiger partial charge in [-0.25, -0.2) is 4.98 Å². The molecule has 0 saturated heterocycles. The van der Waals surface area contributed by atoms with E-state index in [1.54, 1.807) is 6.20 Å². The van der Waals surface area contributed by atoms with Crippen LogP contribution in [-0.2, 0) is 22.5 Å². The molecule has 16 heavy (non-hydrogen) atoms. The van der Waals surface area contributed by atoms with Gasteiger partial charge in [-0.3, -0.25) is 4.79 Å². The molecule has 0 bridgehead atoms. The van der Waals surface area contributed by atoms with Crippen LogP contribution >= 0.6 is 0 Å². The molecule has 84 valence electrons. The molecule has 2 heterocycles. The fourth-order valence-corrected chi connectivity index (χ4v) is 1.80. The van der Waals surface area contributed by atoms with E-state index in [9.17, 15) is 4.79 Å². The summed E-state index contributed by atoms with van der Waals surface area (Å²) in [5, 5.41) is 1.02. The number of pyridine rings is 1. The summed E-state index contributed by atoms with van der Waals surface area (Å²) in [5.41, 5.74) is 1.89. The standard InChI is InChI=1S/C12H14N2O2/c1-3-14-8-9(7-11(15)16-2)10-5-4-6-13-12(10)14/h4-6,8H,3,7H2,1-2H3. The maximum atomic E-state index is 11.3. The van der Waals surface area contributed by atoms with Gasteiger partial charge >= 0.3 is 5.97 Å². The molecule has 0 aliphatic rings. The topological polar surface area (TPSA) is 44.1 Å². The van der Waals surface area contributed by atoms with Crippen LogP contribution in [0.1, 0.15) is 12.5 Å². The molecular weight excluding hydrogens is 204 g/mol. The zero-order valence-corrected chi connectivity index (χ0v) is 9.43. The van der Waals surface area contributed by atoms with Gasteiger partial charge in [0.1, 0.15) is 5.65 Å². The number of carbonyl (C=O) groups is 1. The lowest BCUT2D eigenvalue weighted by atomic mass is 10.1. The largest absolute Gasteiger partial charge is 0.469 e. The van der Waals surface area contributed by atoms with Gasteiger partial charge in [0.05, 0.1) is 13.5 Å². The zero-order chi connectivity index (χ0) is 11.5. The summed E-state index contributed by atoms with van der Waals surface area (Å²) in [6.07, 6.45) is 4.02. The van der Waals surface area contributed by atoms with Gasteiger partial charge in [0.25, 0.3) is 0 Å². The Kier molecular flexibility index (Phi) is 2.90. The normalized spacial score (nSPS) is 10.6. The van der Waals surface area contributed by atoms with Gasteiger partial charge in [0.15, 0.2) is 0 Å². The maximum Gasteiger partial charge on any atom is 0.310 e. The van der Waals surface area contributed by atoms with Gasteiger partial charge < -0.3 is 9.30 Å². The Labute approximate surface area is 93.9 Å². The SMILES string of the molecule is CCn1cc(CC(=O)OC)c2cccnc21. The summed E-state index contributed by atoms with van der Waals surface area (Å²) in [6, 6.07) is 3.86. The Morgan fingerprint density at radius 3 is 3.06 bits per heavy atom. The first-order valence-corrected chi connectivity index (χ1v) is 5.25. The second-order valence-electron chi connectivity index (χ2n) is 3.57. The lowest BCUT2D eigenvalue weighted by molar-refractivity contribution is -0.139. The van der Waals surface area contributed by atoms with Crippen molar-refractivity contribution in [3.05, 3.63) is 30.1 Å². The van der Waals surface area contributed by atoms with Crippen LogP contribution in [0.15, 0.2) is 24.5 Å². The van der Waals surface area contributed by atoms with Gasteiger partial charge in [-0.15, -0.1) is 0 Å². The van der Waals surface area contributed by atoms with E-state index in [2.05, 4.69) is 16.6 Å². The summed E-state index contributed by atoms with van der Waals surface area (Å²) in [5.74, 6) is -0.223. The van der Waals surface area contributed by atoms with Gasteiger partial charge in [-0.05, 0) is 24.6 Å². The Hall–Kier alpha value is -1.84. The molecule has 0 unspecified atom stereocenters. The Balaban J connectivity index is 2.49. The number of ether oxygens (including phenoxy) is 1. The molecule has 0 N–H and O–H groups in total. The van der Waals surface area contributed by atoms with Crippen molar-refractivity contribution in [2.24, 2.45) is 0 Å². The van der Waals surface area contributed by atoms with E-state index in [4.69, 9.17) is 0 Å². The molecular formula is C12H14N2O2. The van der Waals surface area contributed by atoms with Crippen LogP contribution in [0.2, 0.25) is 0 Å². The number of nitrogens with zero attached hydrogens (tertiary/aromatic N) is 2. The molecule has 2 aromatic heterocycles. The van der Waals surface area contributed by atoms with E-state index < -0.39 is 0 Å². The van der Waals surface area contributed by atoms with Gasteiger partial charge in [-0.1, -0.05) is 0 Å². The molecule has 0 aliphatic heterocycles. The monoisotopic (exact) mass is 218 g/mol. The van der Waals surface area contributed by atoms with Crippen LogP contribution in [0.25, 0.3) is 11.0 Å². The lowest BCUT2D eigenvalue weighted by Gasteiger charge is -1.96. The summed E-state index contributed by atoms with van der Waals surface area (Å²) in [7, 11) is 1.40. The van der Waals surface area contributed by atoms with Crippen molar-refractivity contribution in [3.63, 3.8) is 0 Å². The summed E-state index contributed by atoms with van der Waals surface area (Å²) in [6.45, 7) is 2.89. The number of esters is 1. The third-order valence-corrected chi connectivity index (χ3v) is 2.62. The molecule has 0 fully saturated rings. The maximum absolute atomic E-state index is 11.3. The van der Waals surface area contributed by atoms with E-state index in [0.29, 0.717) is 6.42 Å².